The zero-order chi connectivity index (χ0) is 22.2. The molecule has 2 aromatic carbocycles. The number of morpholine rings is 1. The topological polar surface area (TPSA) is 66.1 Å². The van der Waals surface area contributed by atoms with Crippen molar-refractivity contribution in [1.82, 2.24) is 4.90 Å². The first-order valence-corrected chi connectivity index (χ1v) is 11.3. The Morgan fingerprint density at radius 3 is 2.47 bits per heavy atom. The van der Waals surface area contributed by atoms with E-state index in [1.807, 2.05) is 12.1 Å². The lowest BCUT2D eigenvalue weighted by atomic mass is 10.1. The number of amides is 2. The van der Waals surface area contributed by atoms with Crippen molar-refractivity contribution in [2.75, 3.05) is 68.1 Å². The Kier molecular flexibility index (Phi) is 7.79. The first-order chi connectivity index (χ1) is 15.7. The Bertz CT molecular complexity index is 899. The minimum Gasteiger partial charge on any atom is -0.492 e. The predicted molar refractivity (Wildman–Crippen MR) is 124 cm³/mol. The van der Waals surface area contributed by atoms with Crippen LogP contribution in [0.4, 0.5) is 26.2 Å². The molecule has 0 unspecified atom stereocenters. The number of carbonyl (C=O) groups is 1. The molecule has 2 aliphatic rings. The van der Waals surface area contributed by atoms with Crippen LogP contribution in [0.5, 0.6) is 5.75 Å². The number of halogens is 1. The molecule has 172 valence electrons. The molecular weight excluding hydrogens is 411 g/mol. The van der Waals surface area contributed by atoms with Gasteiger partial charge >= 0.3 is 6.03 Å². The van der Waals surface area contributed by atoms with E-state index in [-0.39, 0.29) is 5.82 Å². The standard InChI is InChI=1S/C24H31FN4O3/c25-22-18-20(7-8-23(22)29-9-2-1-3-10-29)27-24(30)26-19-5-4-6-21(17-19)32-16-13-28-11-14-31-15-12-28/h4-8,17-18H,1-3,9-16H2,(H2,26,27,30). The molecule has 2 amide bonds. The van der Waals surface area contributed by atoms with E-state index in [2.05, 4.69) is 20.4 Å². The number of urea groups is 1. The van der Waals surface area contributed by atoms with Gasteiger partial charge in [0.15, 0.2) is 0 Å². The molecule has 8 heteroatoms. The molecule has 2 saturated heterocycles. The van der Waals surface area contributed by atoms with Crippen molar-refractivity contribution in [3.63, 3.8) is 0 Å². The van der Waals surface area contributed by atoms with Crippen LogP contribution in [0.15, 0.2) is 42.5 Å². The highest BCUT2D eigenvalue weighted by Crippen LogP contribution is 2.26. The second kappa shape index (κ2) is 11.2. The number of hydrogen-bond donors (Lipinski definition) is 2. The maximum absolute atomic E-state index is 14.6. The van der Waals surface area contributed by atoms with Crippen molar-refractivity contribution < 1.29 is 18.7 Å². The molecule has 7 nitrogen and oxygen atoms in total. The van der Waals surface area contributed by atoms with Gasteiger partial charge in [0.05, 0.1) is 18.9 Å². The fourth-order valence-corrected chi connectivity index (χ4v) is 4.05. The van der Waals surface area contributed by atoms with Gasteiger partial charge in [-0.3, -0.25) is 4.90 Å². The monoisotopic (exact) mass is 442 g/mol. The van der Waals surface area contributed by atoms with Crippen LogP contribution in [0.3, 0.4) is 0 Å². The Morgan fingerprint density at radius 2 is 1.72 bits per heavy atom. The Hall–Kier alpha value is -2.84. The summed E-state index contributed by atoms with van der Waals surface area (Å²) in [7, 11) is 0. The van der Waals surface area contributed by atoms with E-state index in [0.717, 1.165) is 58.8 Å². The summed E-state index contributed by atoms with van der Waals surface area (Å²) < 4.78 is 25.8. The number of piperidine rings is 1. The zero-order valence-electron chi connectivity index (χ0n) is 18.3. The van der Waals surface area contributed by atoms with Gasteiger partial charge in [0.2, 0.25) is 0 Å². The first kappa shape index (κ1) is 22.4. The summed E-state index contributed by atoms with van der Waals surface area (Å²) in [4.78, 5) is 16.8. The summed E-state index contributed by atoms with van der Waals surface area (Å²) in [5.74, 6) is 0.369. The van der Waals surface area contributed by atoms with Gasteiger partial charge in [0.1, 0.15) is 18.2 Å². The minimum atomic E-state index is -0.430. The van der Waals surface area contributed by atoms with Crippen molar-refractivity contribution in [3.8, 4) is 5.75 Å². The van der Waals surface area contributed by atoms with Crippen LogP contribution < -0.4 is 20.3 Å². The summed E-state index contributed by atoms with van der Waals surface area (Å²) in [6, 6.07) is 11.7. The lowest BCUT2D eigenvalue weighted by Crippen LogP contribution is -2.38. The van der Waals surface area contributed by atoms with E-state index in [1.165, 1.54) is 12.5 Å². The normalized spacial score (nSPS) is 17.1. The second-order valence-corrected chi connectivity index (χ2v) is 8.12. The third-order valence-corrected chi connectivity index (χ3v) is 5.77. The van der Waals surface area contributed by atoms with Crippen LogP contribution in [0.1, 0.15) is 19.3 Å². The van der Waals surface area contributed by atoms with Gasteiger partial charge in [-0.1, -0.05) is 6.07 Å². The van der Waals surface area contributed by atoms with Crippen LogP contribution >= 0.6 is 0 Å². The van der Waals surface area contributed by atoms with Crippen LogP contribution in [0.25, 0.3) is 0 Å². The van der Waals surface area contributed by atoms with E-state index < -0.39 is 6.03 Å². The van der Waals surface area contributed by atoms with Crippen molar-refractivity contribution in [2.24, 2.45) is 0 Å². The summed E-state index contributed by atoms with van der Waals surface area (Å²) in [6.07, 6.45) is 3.35. The Balaban J connectivity index is 1.27. The van der Waals surface area contributed by atoms with Gasteiger partial charge in [-0.25, -0.2) is 9.18 Å². The molecule has 0 aliphatic carbocycles. The molecule has 0 bridgehead atoms. The molecule has 2 aliphatic heterocycles. The molecule has 4 rings (SSSR count). The molecule has 0 atom stereocenters. The maximum Gasteiger partial charge on any atom is 0.323 e. The largest absolute Gasteiger partial charge is 0.492 e. The lowest BCUT2D eigenvalue weighted by molar-refractivity contribution is 0.0322. The highest BCUT2D eigenvalue weighted by molar-refractivity contribution is 5.99. The van der Waals surface area contributed by atoms with Gasteiger partial charge < -0.3 is 25.0 Å². The minimum absolute atomic E-state index is 0.319. The summed E-state index contributed by atoms with van der Waals surface area (Å²) >= 11 is 0. The average molecular weight is 443 g/mol. The number of nitrogens with zero attached hydrogens (tertiary/aromatic N) is 2. The molecule has 2 aromatic rings. The van der Waals surface area contributed by atoms with Crippen LogP contribution in [-0.4, -0.2) is 63.5 Å². The highest BCUT2D eigenvalue weighted by Gasteiger charge is 2.16. The molecule has 0 aromatic heterocycles. The zero-order valence-corrected chi connectivity index (χ0v) is 18.3. The number of benzene rings is 2. The van der Waals surface area contributed by atoms with E-state index in [9.17, 15) is 9.18 Å². The third kappa shape index (κ3) is 6.34. The molecule has 0 spiro atoms. The lowest BCUT2D eigenvalue weighted by Gasteiger charge is -2.29. The molecule has 2 N–H and O–H groups in total. The number of hydrogen-bond acceptors (Lipinski definition) is 5. The highest BCUT2D eigenvalue weighted by atomic mass is 19.1. The number of ether oxygens (including phenoxy) is 2. The number of carbonyl (C=O) groups excluding carboxylic acids is 1. The number of anilines is 3. The molecule has 2 heterocycles. The predicted octanol–water partition coefficient (Wildman–Crippen LogP) is 4.17. The van der Waals surface area contributed by atoms with Gasteiger partial charge in [-0.05, 0) is 49.6 Å². The quantitative estimate of drug-likeness (QED) is 0.674. The summed E-state index contributed by atoms with van der Waals surface area (Å²) in [5, 5.41) is 5.48. The van der Waals surface area contributed by atoms with Crippen molar-refractivity contribution in [1.29, 1.82) is 0 Å². The van der Waals surface area contributed by atoms with Gasteiger partial charge in [0, 0.05) is 50.2 Å². The summed E-state index contributed by atoms with van der Waals surface area (Å²) in [6.45, 7) is 6.51. The molecule has 0 saturated carbocycles. The number of nitrogens with one attached hydrogen (secondary N) is 2. The van der Waals surface area contributed by atoms with E-state index in [0.29, 0.717) is 29.4 Å². The van der Waals surface area contributed by atoms with Crippen LogP contribution in [-0.2, 0) is 4.74 Å². The summed E-state index contributed by atoms with van der Waals surface area (Å²) in [5.41, 5.74) is 1.62. The molecular formula is C24H31FN4O3. The molecule has 2 fully saturated rings. The number of rotatable bonds is 7. The van der Waals surface area contributed by atoms with Gasteiger partial charge in [-0.15, -0.1) is 0 Å². The van der Waals surface area contributed by atoms with Gasteiger partial charge in [0.25, 0.3) is 0 Å². The van der Waals surface area contributed by atoms with Crippen LogP contribution in [0, 0.1) is 5.82 Å². The molecule has 0 radical (unpaired) electrons. The van der Waals surface area contributed by atoms with E-state index >= 15 is 0 Å². The third-order valence-electron chi connectivity index (χ3n) is 5.77. The van der Waals surface area contributed by atoms with Crippen LogP contribution in [0.2, 0.25) is 0 Å². The second-order valence-electron chi connectivity index (χ2n) is 8.12. The Morgan fingerprint density at radius 1 is 0.969 bits per heavy atom. The van der Waals surface area contributed by atoms with Crippen molar-refractivity contribution in [2.45, 2.75) is 19.3 Å². The fraction of sp³-hybridized carbons (Fsp3) is 0.458. The van der Waals surface area contributed by atoms with E-state index in [4.69, 9.17) is 9.47 Å². The van der Waals surface area contributed by atoms with Crippen molar-refractivity contribution in [3.05, 3.63) is 48.3 Å². The van der Waals surface area contributed by atoms with Crippen molar-refractivity contribution >= 4 is 23.1 Å². The molecule has 32 heavy (non-hydrogen) atoms. The maximum atomic E-state index is 14.6. The SMILES string of the molecule is O=C(Nc1cccc(OCCN2CCOCC2)c1)Nc1ccc(N2CCCCC2)c(F)c1. The van der Waals surface area contributed by atoms with Gasteiger partial charge in [-0.2, -0.15) is 0 Å². The smallest absolute Gasteiger partial charge is 0.323 e. The average Bonchev–Trinajstić information content (AvgIpc) is 2.81. The van der Waals surface area contributed by atoms with E-state index in [1.54, 1.807) is 24.3 Å². The Labute approximate surface area is 188 Å². The first-order valence-electron chi connectivity index (χ1n) is 11.3. The fourth-order valence-electron chi connectivity index (χ4n) is 4.05.